The van der Waals surface area contributed by atoms with Gasteiger partial charge < -0.3 is 0 Å². The molecule has 2 aliphatic rings. The van der Waals surface area contributed by atoms with Crippen LogP contribution in [0.15, 0.2) is 46.4 Å². The van der Waals surface area contributed by atoms with Crippen LogP contribution < -0.4 is 0 Å². The maximum Gasteiger partial charge on any atom is 0.0754 e. The van der Waals surface area contributed by atoms with Gasteiger partial charge in [0.25, 0.3) is 0 Å². The van der Waals surface area contributed by atoms with E-state index in [0.717, 1.165) is 17.5 Å². The van der Waals surface area contributed by atoms with Crippen molar-refractivity contribution in [2.75, 3.05) is 0 Å². The van der Waals surface area contributed by atoms with E-state index in [2.05, 4.69) is 0 Å². The minimum Gasteiger partial charge on any atom is -0.287 e. The summed E-state index contributed by atoms with van der Waals surface area (Å²) in [5.74, 6) is 1.10. The molecule has 2 aromatic carbocycles. The summed E-state index contributed by atoms with van der Waals surface area (Å²) in [5, 5.41) is 2.43. The number of hydrogen-bond acceptors (Lipinski definition) is 2. The van der Waals surface area contributed by atoms with Crippen molar-refractivity contribution in [3.63, 3.8) is 0 Å². The van der Waals surface area contributed by atoms with Crippen molar-refractivity contribution in [2.45, 2.75) is 31.3 Å². The minimum absolute atomic E-state index is 0.133. The molecule has 2 aliphatic carbocycles. The van der Waals surface area contributed by atoms with Gasteiger partial charge in [-0.05, 0) is 55.4 Å². The Morgan fingerprint density at radius 3 is 1.41 bits per heavy atom. The van der Waals surface area contributed by atoms with Crippen molar-refractivity contribution in [2.24, 2.45) is 21.8 Å². The molecule has 2 aromatic rings. The largest absolute Gasteiger partial charge is 0.287 e. The molecule has 6 heteroatoms. The molecule has 0 saturated heterocycles. The summed E-state index contributed by atoms with van der Waals surface area (Å²) < 4.78 is 0. The van der Waals surface area contributed by atoms with E-state index in [1.807, 2.05) is 36.4 Å². The zero-order valence-corrected chi connectivity index (χ0v) is 17.5. The predicted octanol–water partition coefficient (Wildman–Crippen LogP) is 7.01. The first kappa shape index (κ1) is 19.3. The summed E-state index contributed by atoms with van der Waals surface area (Å²) in [4.78, 5) is 9.73. The molecule has 0 amide bonds. The summed E-state index contributed by atoms with van der Waals surface area (Å²) in [5.41, 5.74) is 1.53. The van der Waals surface area contributed by atoms with Gasteiger partial charge in [-0.3, -0.25) is 9.98 Å². The molecule has 140 valence electrons. The Kier molecular flexibility index (Phi) is 5.80. The zero-order chi connectivity index (χ0) is 19.0. The summed E-state index contributed by atoms with van der Waals surface area (Å²) in [6, 6.07) is 11.2. The Morgan fingerprint density at radius 1 is 0.667 bits per heavy atom. The van der Waals surface area contributed by atoms with E-state index in [0.29, 0.717) is 31.9 Å². The molecular formula is C21H18Cl4N2. The molecule has 2 fully saturated rings. The highest BCUT2D eigenvalue weighted by atomic mass is 35.5. The van der Waals surface area contributed by atoms with E-state index in [1.54, 1.807) is 12.4 Å². The van der Waals surface area contributed by atoms with Crippen LogP contribution in [-0.4, -0.2) is 24.5 Å². The second-order valence-corrected chi connectivity index (χ2v) is 8.77. The van der Waals surface area contributed by atoms with Gasteiger partial charge in [0.1, 0.15) is 0 Å². The second-order valence-electron chi connectivity index (χ2n) is 7.14. The average Bonchev–Trinajstić information content (AvgIpc) is 3.23. The predicted molar refractivity (Wildman–Crippen MR) is 117 cm³/mol. The van der Waals surface area contributed by atoms with E-state index >= 15 is 0 Å². The smallest absolute Gasteiger partial charge is 0.0754 e. The molecule has 4 rings (SSSR count). The maximum atomic E-state index is 6.27. The monoisotopic (exact) mass is 438 g/mol. The van der Waals surface area contributed by atoms with Crippen LogP contribution in [-0.2, 0) is 0 Å². The summed E-state index contributed by atoms with van der Waals surface area (Å²) in [6.45, 7) is 0. The van der Waals surface area contributed by atoms with Gasteiger partial charge in [0.05, 0.1) is 32.2 Å². The molecule has 27 heavy (non-hydrogen) atoms. The number of halogens is 4. The molecule has 2 bridgehead atoms. The summed E-state index contributed by atoms with van der Waals surface area (Å²) in [6.07, 6.45) is 7.17. The Morgan fingerprint density at radius 2 is 1.04 bits per heavy atom. The Hall–Kier alpha value is -1.06. The lowest BCUT2D eigenvalue weighted by Crippen LogP contribution is -2.30. The lowest BCUT2D eigenvalue weighted by Gasteiger charge is -2.25. The van der Waals surface area contributed by atoms with Gasteiger partial charge in [0, 0.05) is 23.6 Å². The van der Waals surface area contributed by atoms with E-state index in [1.165, 1.54) is 12.8 Å². The molecular weight excluding hydrogens is 422 g/mol. The first-order valence-corrected chi connectivity index (χ1v) is 10.5. The van der Waals surface area contributed by atoms with Gasteiger partial charge in [-0.25, -0.2) is 0 Å². The number of rotatable bonds is 4. The molecule has 0 spiro atoms. The summed E-state index contributed by atoms with van der Waals surface area (Å²) in [7, 11) is 0. The Bertz CT molecular complexity index is 795. The van der Waals surface area contributed by atoms with E-state index in [-0.39, 0.29) is 12.1 Å². The quantitative estimate of drug-likeness (QED) is 0.458. The van der Waals surface area contributed by atoms with Crippen molar-refractivity contribution in [1.29, 1.82) is 0 Å². The fourth-order valence-electron chi connectivity index (χ4n) is 4.24. The first-order valence-electron chi connectivity index (χ1n) is 8.99. The molecule has 2 nitrogen and oxygen atoms in total. The van der Waals surface area contributed by atoms with Crippen LogP contribution >= 0.6 is 46.4 Å². The number of aliphatic imine (C=N–C) groups is 2. The third-order valence-corrected chi connectivity index (χ3v) is 6.90. The van der Waals surface area contributed by atoms with Crippen LogP contribution in [0.25, 0.3) is 0 Å². The Labute approximate surface area is 179 Å². The van der Waals surface area contributed by atoms with Crippen LogP contribution in [0.5, 0.6) is 0 Å². The van der Waals surface area contributed by atoms with E-state index in [9.17, 15) is 0 Å². The van der Waals surface area contributed by atoms with Crippen LogP contribution in [0.2, 0.25) is 20.1 Å². The van der Waals surface area contributed by atoms with Gasteiger partial charge in [-0.1, -0.05) is 58.5 Å². The van der Waals surface area contributed by atoms with Crippen LogP contribution in [0.3, 0.4) is 0 Å². The molecule has 0 heterocycles. The zero-order valence-electron chi connectivity index (χ0n) is 14.5. The highest BCUT2D eigenvalue weighted by Crippen LogP contribution is 2.47. The van der Waals surface area contributed by atoms with Crippen molar-refractivity contribution in [3.05, 3.63) is 67.6 Å². The summed E-state index contributed by atoms with van der Waals surface area (Å²) >= 11 is 25.1. The first-order chi connectivity index (χ1) is 13.0. The van der Waals surface area contributed by atoms with E-state index < -0.39 is 0 Å². The standard InChI is InChI=1S/C21H18Cl4N2/c22-16-3-1-4-17(23)14(16)10-26-20-12-7-8-13(9-12)21(20)27-11-15-18(24)5-2-6-19(15)25/h1-6,10-13,20-21H,7-9H2/t12-,13+,20-,21-/m1/s1. The number of nitrogens with zero attached hydrogens (tertiary/aromatic N) is 2. The number of hydrogen-bond donors (Lipinski definition) is 0. The number of benzene rings is 2. The third-order valence-electron chi connectivity index (χ3n) is 5.58. The second kappa shape index (κ2) is 8.13. The fourth-order valence-corrected chi connectivity index (χ4v) is 5.23. The maximum absolute atomic E-state index is 6.27. The topological polar surface area (TPSA) is 24.7 Å². The van der Waals surface area contributed by atoms with Gasteiger partial charge in [-0.15, -0.1) is 0 Å². The molecule has 0 aromatic heterocycles. The molecule has 2 saturated carbocycles. The van der Waals surface area contributed by atoms with Gasteiger partial charge >= 0.3 is 0 Å². The molecule has 0 aliphatic heterocycles. The van der Waals surface area contributed by atoms with Gasteiger partial charge in [-0.2, -0.15) is 0 Å². The van der Waals surface area contributed by atoms with Gasteiger partial charge in [0.2, 0.25) is 0 Å². The molecule has 4 atom stereocenters. The van der Waals surface area contributed by atoms with Crippen LogP contribution in [0, 0.1) is 11.8 Å². The van der Waals surface area contributed by atoms with Gasteiger partial charge in [0.15, 0.2) is 0 Å². The van der Waals surface area contributed by atoms with Crippen molar-refractivity contribution in [3.8, 4) is 0 Å². The molecule has 0 unspecified atom stereocenters. The highest BCUT2D eigenvalue weighted by Gasteiger charge is 2.47. The minimum atomic E-state index is 0.133. The van der Waals surface area contributed by atoms with Crippen molar-refractivity contribution >= 4 is 58.8 Å². The van der Waals surface area contributed by atoms with E-state index in [4.69, 9.17) is 56.4 Å². The normalized spacial score (nSPS) is 27.3. The lowest BCUT2D eigenvalue weighted by molar-refractivity contribution is 0.371. The molecule has 0 radical (unpaired) electrons. The highest BCUT2D eigenvalue weighted by molar-refractivity contribution is 6.39. The van der Waals surface area contributed by atoms with Crippen LogP contribution in [0.4, 0.5) is 0 Å². The SMILES string of the molecule is Clc1cccc(Cl)c1C=N[C@@H]1[C@@H]2CC[C@@H](C2)[C@H]1N=Cc1c(Cl)cccc1Cl. The third kappa shape index (κ3) is 3.91. The van der Waals surface area contributed by atoms with Crippen molar-refractivity contribution < 1.29 is 0 Å². The number of fused-ring (bicyclic) bond motifs is 2. The fraction of sp³-hybridized carbons (Fsp3) is 0.333. The Balaban J connectivity index is 1.60. The average molecular weight is 440 g/mol. The lowest BCUT2D eigenvalue weighted by atomic mass is 9.91. The van der Waals surface area contributed by atoms with Crippen molar-refractivity contribution in [1.82, 2.24) is 0 Å². The van der Waals surface area contributed by atoms with Crippen LogP contribution in [0.1, 0.15) is 30.4 Å². The molecule has 0 N–H and O–H groups in total.